The Hall–Kier alpha value is -3.61. The van der Waals surface area contributed by atoms with Crippen LogP contribution in [0.5, 0.6) is 5.75 Å². The number of nitrogens with one attached hydrogen (secondary N) is 2. The maximum atomic E-state index is 14.6. The van der Waals surface area contributed by atoms with Crippen molar-refractivity contribution < 1.29 is 18.6 Å². The fourth-order valence-electron chi connectivity index (χ4n) is 2.32. The first kappa shape index (κ1) is 20.1. The minimum absolute atomic E-state index is 0.0347. The van der Waals surface area contributed by atoms with Crippen LogP contribution in [-0.2, 0) is 7.05 Å². The normalized spacial score (nSPS) is 11.9. The smallest absolute Gasteiger partial charge is 0.368 e. The molecular weight excluding hydrogens is 390 g/mol. The predicted molar refractivity (Wildman–Crippen MR) is 98.6 cm³/mol. The van der Waals surface area contributed by atoms with Crippen LogP contribution in [0.1, 0.15) is 6.92 Å². The standard InChI is InChI=1S/C16H18F2N8O3/c1-8(27)7-29-13-4-9(17)11(5-12(13)26-16(28)25(3)23-24-26)21-15-20-6-10(18)14(19-2)22-15/h4-6,8,27H,7H2,1-3H3,(H2,19,20,21,22). The van der Waals surface area contributed by atoms with E-state index in [1.54, 1.807) is 0 Å². The van der Waals surface area contributed by atoms with Crippen LogP contribution < -0.4 is 21.1 Å². The second-order valence-corrected chi connectivity index (χ2v) is 6.02. The Labute approximate surface area is 163 Å². The lowest BCUT2D eigenvalue weighted by Crippen LogP contribution is -2.23. The highest BCUT2D eigenvalue weighted by Gasteiger charge is 2.18. The fraction of sp³-hybridized carbons (Fsp3) is 0.312. The van der Waals surface area contributed by atoms with Crippen LogP contribution in [0.2, 0.25) is 0 Å². The average Bonchev–Trinajstić information content (AvgIpc) is 3.01. The quantitative estimate of drug-likeness (QED) is 0.513. The molecular formula is C16H18F2N8O3. The summed E-state index contributed by atoms with van der Waals surface area (Å²) in [5.74, 6) is -1.63. The first-order valence-corrected chi connectivity index (χ1v) is 8.41. The summed E-state index contributed by atoms with van der Waals surface area (Å²) in [4.78, 5) is 19.9. The van der Waals surface area contributed by atoms with Gasteiger partial charge in [-0.15, -0.1) is 0 Å². The minimum Gasteiger partial charge on any atom is -0.489 e. The molecule has 0 spiro atoms. The summed E-state index contributed by atoms with van der Waals surface area (Å²) in [6, 6.07) is 2.26. The molecule has 3 aromatic rings. The van der Waals surface area contributed by atoms with E-state index in [9.17, 15) is 18.7 Å². The SMILES string of the molecule is CNc1nc(Nc2cc(-n3nnn(C)c3=O)c(OCC(C)O)cc2F)ncc1F. The second-order valence-electron chi connectivity index (χ2n) is 6.02. The molecule has 29 heavy (non-hydrogen) atoms. The van der Waals surface area contributed by atoms with Gasteiger partial charge in [0.25, 0.3) is 0 Å². The first-order chi connectivity index (χ1) is 13.8. The van der Waals surface area contributed by atoms with E-state index in [-0.39, 0.29) is 35.5 Å². The third kappa shape index (κ3) is 4.29. The highest BCUT2D eigenvalue weighted by Crippen LogP contribution is 2.30. The monoisotopic (exact) mass is 408 g/mol. The van der Waals surface area contributed by atoms with E-state index in [0.717, 1.165) is 21.6 Å². The van der Waals surface area contributed by atoms with Crippen molar-refractivity contribution in [2.45, 2.75) is 13.0 Å². The Morgan fingerprint density at radius 3 is 2.66 bits per heavy atom. The number of halogens is 2. The van der Waals surface area contributed by atoms with Crippen molar-refractivity contribution in [1.29, 1.82) is 0 Å². The highest BCUT2D eigenvalue weighted by molar-refractivity contribution is 5.63. The molecule has 0 aliphatic carbocycles. The molecule has 2 aromatic heterocycles. The number of rotatable bonds is 7. The van der Waals surface area contributed by atoms with Crippen LogP contribution in [0.3, 0.4) is 0 Å². The van der Waals surface area contributed by atoms with Gasteiger partial charge < -0.3 is 20.5 Å². The number of hydrogen-bond acceptors (Lipinski definition) is 9. The number of benzene rings is 1. The van der Waals surface area contributed by atoms with E-state index in [0.29, 0.717) is 0 Å². The number of nitrogens with zero attached hydrogens (tertiary/aromatic N) is 6. The molecule has 3 rings (SSSR count). The van der Waals surface area contributed by atoms with E-state index in [1.807, 2.05) is 0 Å². The lowest BCUT2D eigenvalue weighted by atomic mass is 10.2. The minimum atomic E-state index is -0.824. The fourth-order valence-corrected chi connectivity index (χ4v) is 2.32. The van der Waals surface area contributed by atoms with Crippen molar-refractivity contribution in [1.82, 2.24) is 29.8 Å². The summed E-state index contributed by atoms with van der Waals surface area (Å²) < 4.78 is 35.5. The molecule has 0 saturated heterocycles. The summed E-state index contributed by atoms with van der Waals surface area (Å²) >= 11 is 0. The molecule has 0 amide bonds. The molecule has 0 saturated carbocycles. The molecule has 0 radical (unpaired) electrons. The Balaban J connectivity index is 2.05. The lowest BCUT2D eigenvalue weighted by molar-refractivity contribution is 0.122. The summed E-state index contributed by atoms with van der Waals surface area (Å²) in [6.45, 7) is 1.35. The van der Waals surface area contributed by atoms with Gasteiger partial charge in [-0.3, -0.25) is 0 Å². The number of tetrazole rings is 1. The second kappa shape index (κ2) is 8.18. The molecule has 1 atom stereocenters. The molecule has 0 aliphatic rings. The summed E-state index contributed by atoms with van der Waals surface area (Å²) in [7, 11) is 2.87. The number of hydrogen-bond donors (Lipinski definition) is 3. The van der Waals surface area contributed by atoms with Crippen LogP contribution in [0.25, 0.3) is 5.69 Å². The van der Waals surface area contributed by atoms with Crippen molar-refractivity contribution in [3.63, 3.8) is 0 Å². The zero-order chi connectivity index (χ0) is 21.1. The van der Waals surface area contributed by atoms with Gasteiger partial charge in [0.15, 0.2) is 17.5 Å². The van der Waals surface area contributed by atoms with E-state index in [2.05, 4.69) is 31.0 Å². The Morgan fingerprint density at radius 2 is 2.03 bits per heavy atom. The number of ether oxygens (including phenoxy) is 1. The molecule has 13 heteroatoms. The zero-order valence-corrected chi connectivity index (χ0v) is 15.7. The number of aliphatic hydroxyl groups is 1. The van der Waals surface area contributed by atoms with E-state index < -0.39 is 23.4 Å². The van der Waals surface area contributed by atoms with E-state index in [4.69, 9.17) is 4.74 Å². The lowest BCUT2D eigenvalue weighted by Gasteiger charge is -2.15. The van der Waals surface area contributed by atoms with Gasteiger partial charge in [-0.2, -0.15) is 14.3 Å². The number of aromatic nitrogens is 6. The molecule has 2 heterocycles. The van der Waals surface area contributed by atoms with Crippen LogP contribution in [0.4, 0.5) is 26.2 Å². The van der Waals surface area contributed by atoms with Crippen LogP contribution >= 0.6 is 0 Å². The van der Waals surface area contributed by atoms with Gasteiger partial charge >= 0.3 is 5.69 Å². The summed E-state index contributed by atoms with van der Waals surface area (Å²) in [5.41, 5.74) is -0.640. The van der Waals surface area contributed by atoms with Gasteiger partial charge in [0.1, 0.15) is 18.0 Å². The van der Waals surface area contributed by atoms with Crippen molar-refractivity contribution >= 4 is 17.5 Å². The third-order valence-corrected chi connectivity index (χ3v) is 3.71. The van der Waals surface area contributed by atoms with Gasteiger partial charge in [-0.1, -0.05) is 0 Å². The molecule has 0 fully saturated rings. The molecule has 1 unspecified atom stereocenters. The maximum Gasteiger partial charge on any atom is 0.368 e. The van der Waals surface area contributed by atoms with Crippen molar-refractivity contribution in [2.24, 2.45) is 7.05 Å². The van der Waals surface area contributed by atoms with Crippen LogP contribution in [-0.4, -0.2) is 54.6 Å². The van der Waals surface area contributed by atoms with Gasteiger partial charge in [-0.25, -0.2) is 18.6 Å². The van der Waals surface area contributed by atoms with E-state index in [1.165, 1.54) is 27.1 Å². The molecule has 0 aliphatic heterocycles. The van der Waals surface area contributed by atoms with Crippen molar-refractivity contribution in [2.75, 3.05) is 24.3 Å². The third-order valence-electron chi connectivity index (χ3n) is 3.71. The number of aliphatic hydroxyl groups excluding tert-OH is 1. The van der Waals surface area contributed by atoms with Crippen LogP contribution in [0.15, 0.2) is 23.1 Å². The van der Waals surface area contributed by atoms with E-state index >= 15 is 0 Å². The molecule has 11 nitrogen and oxygen atoms in total. The number of anilines is 3. The van der Waals surface area contributed by atoms with Gasteiger partial charge in [0.05, 0.1) is 18.0 Å². The van der Waals surface area contributed by atoms with Gasteiger partial charge in [0, 0.05) is 20.2 Å². The van der Waals surface area contributed by atoms with Crippen LogP contribution in [0, 0.1) is 11.6 Å². The number of aryl methyl sites for hydroxylation is 1. The predicted octanol–water partition coefficient (Wildman–Crippen LogP) is 0.579. The summed E-state index contributed by atoms with van der Waals surface area (Å²) in [5, 5.41) is 22.0. The highest BCUT2D eigenvalue weighted by atomic mass is 19.1. The van der Waals surface area contributed by atoms with Gasteiger partial charge in [-0.05, 0) is 23.4 Å². The van der Waals surface area contributed by atoms with Gasteiger partial charge in [0.2, 0.25) is 5.95 Å². The Morgan fingerprint density at radius 1 is 1.28 bits per heavy atom. The molecule has 3 N–H and O–H groups in total. The largest absolute Gasteiger partial charge is 0.489 e. The van der Waals surface area contributed by atoms with Crippen molar-refractivity contribution in [3.8, 4) is 11.4 Å². The topological polar surface area (TPSA) is 132 Å². The van der Waals surface area contributed by atoms with Crippen molar-refractivity contribution in [3.05, 3.63) is 40.4 Å². The molecule has 154 valence electrons. The Bertz CT molecular complexity index is 1080. The molecule has 0 bridgehead atoms. The average molecular weight is 408 g/mol. The molecule has 1 aromatic carbocycles. The maximum absolute atomic E-state index is 14.6. The Kier molecular flexibility index (Phi) is 5.68. The zero-order valence-electron chi connectivity index (χ0n) is 15.7. The first-order valence-electron chi connectivity index (χ1n) is 8.41. The summed E-state index contributed by atoms with van der Waals surface area (Å²) in [6.07, 6.45) is 0.0997.